The van der Waals surface area contributed by atoms with Gasteiger partial charge in [-0.05, 0) is 31.4 Å². The third-order valence-corrected chi connectivity index (χ3v) is 3.67. The maximum absolute atomic E-state index is 12.0. The van der Waals surface area contributed by atoms with Crippen LogP contribution in [-0.4, -0.2) is 16.4 Å². The molecule has 3 N–H and O–H groups in total. The van der Waals surface area contributed by atoms with Gasteiger partial charge in [0.15, 0.2) is 0 Å². The molecule has 1 saturated carbocycles. The smallest absolute Gasteiger partial charge is 0.222 e. The molecule has 1 heterocycles. The van der Waals surface area contributed by atoms with Crippen molar-refractivity contribution in [2.75, 3.05) is 0 Å². The van der Waals surface area contributed by atoms with Gasteiger partial charge in [-0.15, -0.1) is 0 Å². The van der Waals surface area contributed by atoms with E-state index in [0.717, 1.165) is 31.2 Å². The van der Waals surface area contributed by atoms with E-state index in [-0.39, 0.29) is 17.5 Å². The van der Waals surface area contributed by atoms with Crippen LogP contribution in [0, 0.1) is 0 Å². The molecule has 0 spiro atoms. The summed E-state index contributed by atoms with van der Waals surface area (Å²) in [7, 11) is 0. The molecular weight excluding hydrogens is 226 g/mol. The molecule has 2 rings (SSSR count). The Hall–Kier alpha value is -1.42. The molecule has 4 heteroatoms. The molecule has 98 valence electrons. The number of nitrogens with two attached hydrogens (primary N) is 1. The Morgan fingerprint density at radius 1 is 1.56 bits per heavy atom. The van der Waals surface area contributed by atoms with Crippen LogP contribution in [-0.2, 0) is 4.79 Å². The van der Waals surface area contributed by atoms with Crippen LogP contribution in [0.5, 0.6) is 0 Å². The monoisotopic (exact) mass is 247 g/mol. The summed E-state index contributed by atoms with van der Waals surface area (Å²) in [5, 5.41) is 2.99. The average Bonchev–Trinajstić information content (AvgIpc) is 2.76. The van der Waals surface area contributed by atoms with E-state index in [9.17, 15) is 4.79 Å². The van der Waals surface area contributed by atoms with Gasteiger partial charge in [0, 0.05) is 24.4 Å². The fourth-order valence-electron chi connectivity index (χ4n) is 2.58. The van der Waals surface area contributed by atoms with Gasteiger partial charge in [0.2, 0.25) is 5.91 Å². The number of pyridine rings is 1. The second-order valence-electron chi connectivity index (χ2n) is 5.32. The SMILES string of the molecule is CC(NC(=O)CC1(N)CCCC1)c1cccnc1. The van der Waals surface area contributed by atoms with Gasteiger partial charge in [0.05, 0.1) is 6.04 Å². The van der Waals surface area contributed by atoms with E-state index in [1.807, 2.05) is 19.1 Å². The summed E-state index contributed by atoms with van der Waals surface area (Å²) in [5.41, 5.74) is 6.94. The van der Waals surface area contributed by atoms with Crippen molar-refractivity contribution in [1.82, 2.24) is 10.3 Å². The molecular formula is C14H21N3O. The van der Waals surface area contributed by atoms with E-state index in [4.69, 9.17) is 5.73 Å². The number of nitrogens with one attached hydrogen (secondary N) is 1. The van der Waals surface area contributed by atoms with Gasteiger partial charge >= 0.3 is 0 Å². The lowest BCUT2D eigenvalue weighted by molar-refractivity contribution is -0.122. The predicted octanol–water partition coefficient (Wildman–Crippen LogP) is 1.92. The fraction of sp³-hybridized carbons (Fsp3) is 0.571. The summed E-state index contributed by atoms with van der Waals surface area (Å²) < 4.78 is 0. The van der Waals surface area contributed by atoms with Crippen molar-refractivity contribution in [3.63, 3.8) is 0 Å². The van der Waals surface area contributed by atoms with Crippen LogP contribution >= 0.6 is 0 Å². The van der Waals surface area contributed by atoms with Gasteiger partial charge in [-0.3, -0.25) is 9.78 Å². The van der Waals surface area contributed by atoms with Crippen LogP contribution in [0.4, 0.5) is 0 Å². The molecule has 1 aliphatic carbocycles. The minimum absolute atomic E-state index is 0.0174. The predicted molar refractivity (Wildman–Crippen MR) is 70.8 cm³/mol. The highest BCUT2D eigenvalue weighted by Gasteiger charge is 2.31. The normalized spacial score (nSPS) is 19.4. The van der Waals surface area contributed by atoms with Gasteiger partial charge in [-0.2, -0.15) is 0 Å². The lowest BCUT2D eigenvalue weighted by Crippen LogP contribution is -2.42. The summed E-state index contributed by atoms with van der Waals surface area (Å²) in [5.74, 6) is 0.0377. The van der Waals surface area contributed by atoms with Gasteiger partial charge < -0.3 is 11.1 Å². The van der Waals surface area contributed by atoms with E-state index < -0.39 is 0 Å². The third-order valence-electron chi connectivity index (χ3n) is 3.67. The number of hydrogen-bond donors (Lipinski definition) is 2. The van der Waals surface area contributed by atoms with Crippen LogP contribution in [0.25, 0.3) is 0 Å². The molecule has 0 aromatic carbocycles. The Kier molecular flexibility index (Phi) is 3.97. The van der Waals surface area contributed by atoms with Gasteiger partial charge in [0.1, 0.15) is 0 Å². The second-order valence-corrected chi connectivity index (χ2v) is 5.32. The standard InChI is InChI=1S/C14H21N3O/c1-11(12-5-4-8-16-10-12)17-13(18)9-14(15)6-2-3-7-14/h4-5,8,10-11H,2-3,6-7,9,15H2,1H3,(H,17,18). The van der Waals surface area contributed by atoms with Crippen LogP contribution < -0.4 is 11.1 Å². The third kappa shape index (κ3) is 3.29. The molecule has 1 aromatic heterocycles. The van der Waals surface area contributed by atoms with Gasteiger partial charge in [-0.1, -0.05) is 18.9 Å². The summed E-state index contributed by atoms with van der Waals surface area (Å²) in [6, 6.07) is 3.82. The van der Waals surface area contributed by atoms with E-state index in [1.54, 1.807) is 12.4 Å². The molecule has 1 aromatic rings. The molecule has 0 radical (unpaired) electrons. The molecule has 0 saturated heterocycles. The first kappa shape index (κ1) is 13.0. The number of amides is 1. The number of hydrogen-bond acceptors (Lipinski definition) is 3. The second kappa shape index (κ2) is 5.48. The molecule has 1 unspecified atom stereocenters. The number of rotatable bonds is 4. The maximum atomic E-state index is 12.0. The fourth-order valence-corrected chi connectivity index (χ4v) is 2.58. The van der Waals surface area contributed by atoms with E-state index in [1.165, 1.54) is 0 Å². The molecule has 1 fully saturated rings. The van der Waals surface area contributed by atoms with Crippen LogP contribution in [0.3, 0.4) is 0 Å². The summed E-state index contributed by atoms with van der Waals surface area (Å²) >= 11 is 0. The van der Waals surface area contributed by atoms with Crippen LogP contribution in [0.2, 0.25) is 0 Å². The summed E-state index contributed by atoms with van der Waals surface area (Å²) in [6.45, 7) is 1.97. The first-order valence-electron chi connectivity index (χ1n) is 6.57. The maximum Gasteiger partial charge on any atom is 0.222 e. The van der Waals surface area contributed by atoms with Gasteiger partial charge in [0.25, 0.3) is 0 Å². The van der Waals surface area contributed by atoms with Crippen LogP contribution in [0.15, 0.2) is 24.5 Å². The summed E-state index contributed by atoms with van der Waals surface area (Å²) in [6.07, 6.45) is 8.13. The van der Waals surface area contributed by atoms with Crippen molar-refractivity contribution in [2.24, 2.45) is 5.73 Å². The van der Waals surface area contributed by atoms with E-state index in [0.29, 0.717) is 6.42 Å². The molecule has 0 bridgehead atoms. The number of carbonyl (C=O) groups excluding carboxylic acids is 1. The zero-order valence-corrected chi connectivity index (χ0v) is 10.9. The molecule has 0 aliphatic heterocycles. The molecule has 1 amide bonds. The minimum atomic E-state index is -0.279. The van der Waals surface area contributed by atoms with Crippen molar-refractivity contribution < 1.29 is 4.79 Å². The minimum Gasteiger partial charge on any atom is -0.349 e. The van der Waals surface area contributed by atoms with E-state index in [2.05, 4.69) is 10.3 Å². The van der Waals surface area contributed by atoms with E-state index >= 15 is 0 Å². The first-order chi connectivity index (χ1) is 8.59. The van der Waals surface area contributed by atoms with Crippen molar-refractivity contribution in [1.29, 1.82) is 0 Å². The first-order valence-corrected chi connectivity index (χ1v) is 6.57. The number of aromatic nitrogens is 1. The Balaban J connectivity index is 1.88. The number of carbonyl (C=O) groups is 1. The molecule has 4 nitrogen and oxygen atoms in total. The molecule has 1 atom stereocenters. The summed E-state index contributed by atoms with van der Waals surface area (Å²) in [4.78, 5) is 16.0. The quantitative estimate of drug-likeness (QED) is 0.854. The highest BCUT2D eigenvalue weighted by Crippen LogP contribution is 2.30. The zero-order valence-electron chi connectivity index (χ0n) is 10.9. The lowest BCUT2D eigenvalue weighted by Gasteiger charge is -2.24. The van der Waals surface area contributed by atoms with Crippen molar-refractivity contribution >= 4 is 5.91 Å². The molecule has 18 heavy (non-hydrogen) atoms. The van der Waals surface area contributed by atoms with Crippen molar-refractivity contribution in [3.8, 4) is 0 Å². The Bertz CT molecular complexity index is 399. The number of nitrogens with zero attached hydrogens (tertiary/aromatic N) is 1. The topological polar surface area (TPSA) is 68.0 Å². The highest BCUT2D eigenvalue weighted by molar-refractivity contribution is 5.77. The Morgan fingerprint density at radius 2 is 2.28 bits per heavy atom. The Labute approximate surface area is 108 Å². The largest absolute Gasteiger partial charge is 0.349 e. The molecule has 1 aliphatic rings. The highest BCUT2D eigenvalue weighted by atomic mass is 16.1. The zero-order chi connectivity index (χ0) is 13.0. The van der Waals surface area contributed by atoms with Crippen molar-refractivity contribution in [3.05, 3.63) is 30.1 Å². The van der Waals surface area contributed by atoms with Gasteiger partial charge in [-0.25, -0.2) is 0 Å². The average molecular weight is 247 g/mol. The van der Waals surface area contributed by atoms with Crippen molar-refractivity contribution in [2.45, 2.75) is 50.6 Å². The van der Waals surface area contributed by atoms with Crippen LogP contribution in [0.1, 0.15) is 50.6 Å². The Morgan fingerprint density at radius 3 is 2.89 bits per heavy atom. The lowest BCUT2D eigenvalue weighted by atomic mass is 9.94.